The average molecular weight is 662 g/mol. The molecule has 16 heteroatoms. The highest BCUT2D eigenvalue weighted by Crippen LogP contribution is 2.01. The molecular formula is C30H47NO15. The summed E-state index contributed by atoms with van der Waals surface area (Å²) in [5, 5.41) is 11.0. The molecule has 0 bridgehead atoms. The molecule has 0 spiro atoms. The molecule has 0 aliphatic carbocycles. The summed E-state index contributed by atoms with van der Waals surface area (Å²) >= 11 is 0. The van der Waals surface area contributed by atoms with Crippen molar-refractivity contribution >= 4 is 23.6 Å². The molecule has 0 saturated carbocycles. The number of ketones is 1. The molecule has 1 aromatic rings. The smallest absolute Gasteiger partial charge is 0.379 e. The molecule has 0 saturated heterocycles. The van der Waals surface area contributed by atoms with Crippen LogP contribution in [0.1, 0.15) is 10.4 Å². The third-order valence-electron chi connectivity index (χ3n) is 5.31. The lowest BCUT2D eigenvalue weighted by molar-refractivity contribution is -0.143. The topological polar surface area (TPSA) is 193 Å². The Bertz CT molecular complexity index is 919. The van der Waals surface area contributed by atoms with Crippen LogP contribution in [0.5, 0.6) is 0 Å². The van der Waals surface area contributed by atoms with Gasteiger partial charge in [0.15, 0.2) is 0 Å². The van der Waals surface area contributed by atoms with E-state index in [1.807, 2.05) is 0 Å². The number of carbonyl (C=O) groups is 4. The number of benzene rings is 1. The minimum Gasteiger partial charge on any atom is -0.480 e. The van der Waals surface area contributed by atoms with Crippen molar-refractivity contribution in [2.75, 3.05) is 132 Å². The first-order valence-corrected chi connectivity index (χ1v) is 15.0. The van der Waals surface area contributed by atoms with Crippen LogP contribution in [0.4, 0.5) is 0 Å². The first-order chi connectivity index (χ1) is 22.5. The number of carbonyl (C=O) groups excluding carboxylic acids is 3. The molecule has 16 nitrogen and oxygen atoms in total. The number of amides is 1. The summed E-state index contributed by atoms with van der Waals surface area (Å²) in [5.41, 5.74) is 0.286. The van der Waals surface area contributed by atoms with E-state index in [0.717, 1.165) is 0 Å². The zero-order valence-corrected chi connectivity index (χ0v) is 26.2. The van der Waals surface area contributed by atoms with Crippen molar-refractivity contribution in [3.63, 3.8) is 0 Å². The number of Topliss-reactive ketones (excluding diaryl/α,β-unsaturated/α-hetero) is 1. The molecule has 0 atom stereocenters. The fourth-order valence-electron chi connectivity index (χ4n) is 3.15. The van der Waals surface area contributed by atoms with Crippen molar-refractivity contribution < 1.29 is 71.7 Å². The fraction of sp³-hybridized carbons (Fsp3) is 0.667. The second-order valence-electron chi connectivity index (χ2n) is 8.97. The van der Waals surface area contributed by atoms with Crippen molar-refractivity contribution in [3.8, 4) is 0 Å². The molecule has 0 heterocycles. The van der Waals surface area contributed by atoms with Crippen LogP contribution in [0.3, 0.4) is 0 Å². The minimum absolute atomic E-state index is 0.0145. The van der Waals surface area contributed by atoms with Gasteiger partial charge in [0, 0.05) is 12.1 Å². The largest absolute Gasteiger partial charge is 0.480 e. The van der Waals surface area contributed by atoms with Crippen LogP contribution in [-0.2, 0) is 61.8 Å². The number of rotatable bonds is 33. The first-order valence-electron chi connectivity index (χ1n) is 15.0. The molecule has 0 aromatic heterocycles. The van der Waals surface area contributed by atoms with Gasteiger partial charge in [-0.25, -0.2) is 9.59 Å². The van der Waals surface area contributed by atoms with Crippen LogP contribution in [0.2, 0.25) is 0 Å². The summed E-state index contributed by atoms with van der Waals surface area (Å²) in [6.07, 6.45) is 0. The summed E-state index contributed by atoms with van der Waals surface area (Å²) in [5.74, 6) is -3.13. The molecule has 1 amide bonds. The van der Waals surface area contributed by atoms with Gasteiger partial charge in [-0.2, -0.15) is 0 Å². The number of nitrogens with one attached hydrogen (secondary N) is 1. The number of hydrogen-bond acceptors (Lipinski definition) is 14. The lowest BCUT2D eigenvalue weighted by atomic mass is 10.1. The van der Waals surface area contributed by atoms with E-state index in [4.69, 9.17) is 47.7 Å². The lowest BCUT2D eigenvalue weighted by Gasteiger charge is -2.09. The van der Waals surface area contributed by atoms with E-state index in [2.05, 4.69) is 10.1 Å². The van der Waals surface area contributed by atoms with Gasteiger partial charge in [-0.3, -0.25) is 9.59 Å². The Morgan fingerprint density at radius 1 is 0.500 bits per heavy atom. The average Bonchev–Trinajstić information content (AvgIpc) is 3.05. The normalized spacial score (nSPS) is 11.0. The van der Waals surface area contributed by atoms with Gasteiger partial charge in [0.25, 0.3) is 5.78 Å². The van der Waals surface area contributed by atoms with Gasteiger partial charge >= 0.3 is 11.9 Å². The standard InChI is InChI=1S/C30H47NO15/c32-27(24-45-25-28(33)34)31-6-7-37-8-9-38-10-11-39-12-13-40-14-15-41-16-17-42-18-19-43-20-21-44-22-23-46-30(36)29(35)26-4-2-1-3-5-26/h1-5H,6-25H2,(H,31,32)(H,33,34). The van der Waals surface area contributed by atoms with Gasteiger partial charge in [-0.15, -0.1) is 0 Å². The van der Waals surface area contributed by atoms with E-state index in [9.17, 15) is 19.2 Å². The van der Waals surface area contributed by atoms with E-state index in [1.54, 1.807) is 30.3 Å². The fourth-order valence-corrected chi connectivity index (χ4v) is 3.15. The predicted molar refractivity (Wildman–Crippen MR) is 160 cm³/mol. The molecule has 0 radical (unpaired) electrons. The summed E-state index contributed by atoms with van der Waals surface area (Å²) in [7, 11) is 0. The van der Waals surface area contributed by atoms with Gasteiger partial charge in [0.05, 0.1) is 106 Å². The number of hydrogen-bond donors (Lipinski definition) is 2. The van der Waals surface area contributed by atoms with E-state index < -0.39 is 30.2 Å². The van der Waals surface area contributed by atoms with Crippen molar-refractivity contribution in [2.24, 2.45) is 0 Å². The number of carboxylic acid groups (broad SMARTS) is 1. The predicted octanol–water partition coefficient (Wildman–Crippen LogP) is -0.237. The molecule has 262 valence electrons. The summed E-state index contributed by atoms with van der Waals surface area (Å²) in [6, 6.07) is 8.21. The van der Waals surface area contributed by atoms with Gasteiger partial charge in [-0.1, -0.05) is 30.3 Å². The van der Waals surface area contributed by atoms with Crippen LogP contribution >= 0.6 is 0 Å². The number of esters is 1. The maximum Gasteiger partial charge on any atom is 0.379 e. The highest BCUT2D eigenvalue weighted by atomic mass is 16.6. The lowest BCUT2D eigenvalue weighted by Crippen LogP contribution is -2.31. The summed E-state index contributed by atoms with van der Waals surface area (Å²) in [6.45, 7) is 5.67. The van der Waals surface area contributed by atoms with Crippen LogP contribution in [-0.4, -0.2) is 161 Å². The van der Waals surface area contributed by atoms with Crippen molar-refractivity contribution in [1.82, 2.24) is 5.32 Å². The molecule has 2 N–H and O–H groups in total. The monoisotopic (exact) mass is 661 g/mol. The highest BCUT2D eigenvalue weighted by molar-refractivity contribution is 6.40. The van der Waals surface area contributed by atoms with Gasteiger partial charge in [0.1, 0.15) is 19.8 Å². The van der Waals surface area contributed by atoms with Crippen molar-refractivity contribution in [3.05, 3.63) is 35.9 Å². The molecule has 46 heavy (non-hydrogen) atoms. The molecule has 0 aliphatic rings. The second-order valence-corrected chi connectivity index (χ2v) is 8.97. The first kappa shape index (κ1) is 41.0. The van der Waals surface area contributed by atoms with Gasteiger partial charge in [-0.05, 0) is 0 Å². The van der Waals surface area contributed by atoms with Crippen LogP contribution in [0.25, 0.3) is 0 Å². The molecule has 1 aromatic carbocycles. The number of carboxylic acids is 1. The quantitative estimate of drug-likeness (QED) is 0.0434. The zero-order valence-electron chi connectivity index (χ0n) is 26.2. The Kier molecular flexibility index (Phi) is 27.2. The Labute approximate surface area is 268 Å². The Morgan fingerprint density at radius 3 is 1.30 bits per heavy atom. The van der Waals surface area contributed by atoms with Crippen molar-refractivity contribution in [2.45, 2.75) is 0 Å². The van der Waals surface area contributed by atoms with E-state index in [1.165, 1.54) is 0 Å². The minimum atomic E-state index is -1.13. The molecule has 1 rings (SSSR count). The van der Waals surface area contributed by atoms with Crippen LogP contribution in [0, 0.1) is 0 Å². The third kappa shape index (κ3) is 26.2. The molecule has 0 unspecified atom stereocenters. The Hall–Kier alpha value is -3.06. The van der Waals surface area contributed by atoms with Crippen molar-refractivity contribution in [1.29, 1.82) is 0 Å². The molecule has 0 aliphatic heterocycles. The molecule has 0 fully saturated rings. The van der Waals surface area contributed by atoms with Crippen LogP contribution in [0.15, 0.2) is 30.3 Å². The van der Waals surface area contributed by atoms with E-state index in [0.29, 0.717) is 106 Å². The molecular weight excluding hydrogens is 614 g/mol. The summed E-state index contributed by atoms with van der Waals surface area (Å²) < 4.78 is 52.6. The zero-order chi connectivity index (χ0) is 33.3. The van der Waals surface area contributed by atoms with Gasteiger partial charge in [0.2, 0.25) is 5.91 Å². The Balaban J connectivity index is 1.69. The number of aliphatic carboxylic acids is 1. The van der Waals surface area contributed by atoms with Gasteiger partial charge < -0.3 is 57.8 Å². The van der Waals surface area contributed by atoms with E-state index in [-0.39, 0.29) is 25.4 Å². The third-order valence-corrected chi connectivity index (χ3v) is 5.31. The second kappa shape index (κ2) is 30.6. The highest BCUT2D eigenvalue weighted by Gasteiger charge is 2.17. The maximum absolute atomic E-state index is 11.9. The van der Waals surface area contributed by atoms with Crippen LogP contribution < -0.4 is 5.32 Å². The number of ether oxygens (including phenoxy) is 10. The SMILES string of the molecule is O=C(O)COCC(=O)NCCOCCOCCOCCOCCOCCOCCOCCOCCOC(=O)C(=O)c1ccccc1. The maximum atomic E-state index is 11.9. The Morgan fingerprint density at radius 2 is 0.891 bits per heavy atom. The van der Waals surface area contributed by atoms with E-state index >= 15 is 0 Å². The summed E-state index contributed by atoms with van der Waals surface area (Å²) in [4.78, 5) is 45.2.